The summed E-state index contributed by atoms with van der Waals surface area (Å²) < 4.78 is 5.73. The van der Waals surface area contributed by atoms with Crippen LogP contribution in [0.25, 0.3) is 0 Å². The van der Waals surface area contributed by atoms with E-state index in [1.165, 1.54) is 7.05 Å². The molecule has 3 amide bonds. The fraction of sp³-hybridized carbons (Fsp3) is 0.429. The highest BCUT2D eigenvalue weighted by atomic mass is 16.5. The lowest BCUT2D eigenvalue weighted by atomic mass is 10.1. The molecule has 1 aliphatic heterocycles. The van der Waals surface area contributed by atoms with E-state index in [4.69, 9.17) is 4.74 Å². The Labute approximate surface area is 118 Å². The van der Waals surface area contributed by atoms with Gasteiger partial charge in [-0.1, -0.05) is 30.3 Å². The van der Waals surface area contributed by atoms with Gasteiger partial charge in [-0.05, 0) is 5.56 Å². The number of ether oxygens (including phenoxy) is 1. The molecule has 0 aliphatic carbocycles. The number of carbonyl (C=O) groups is 2. The molecule has 1 saturated heterocycles. The van der Waals surface area contributed by atoms with Crippen LogP contribution in [0.2, 0.25) is 0 Å². The lowest BCUT2D eigenvalue weighted by molar-refractivity contribution is -0.123. The first-order valence-electron chi connectivity index (χ1n) is 6.59. The average molecular weight is 277 g/mol. The van der Waals surface area contributed by atoms with Crippen LogP contribution in [0.5, 0.6) is 0 Å². The van der Waals surface area contributed by atoms with E-state index >= 15 is 0 Å². The Morgan fingerprint density at radius 1 is 1.35 bits per heavy atom. The first-order chi connectivity index (χ1) is 9.69. The standard InChI is InChI=1S/C14H19N3O3/c1-15-14(19)16-13(18)10-17-7-8-20-12(9-17)11-5-3-2-4-6-11/h2-6,12H,7-10H2,1H3,(H2,15,16,18,19). The number of morpholine rings is 1. The van der Waals surface area contributed by atoms with Crippen molar-refractivity contribution in [2.24, 2.45) is 0 Å². The molecule has 0 aromatic heterocycles. The number of urea groups is 1. The van der Waals surface area contributed by atoms with Gasteiger partial charge in [-0.25, -0.2) is 4.79 Å². The number of amides is 3. The Hall–Kier alpha value is -1.92. The predicted octanol–water partition coefficient (Wildman–Crippen LogP) is 0.516. The Bertz CT molecular complexity index is 464. The Morgan fingerprint density at radius 2 is 2.10 bits per heavy atom. The second-order valence-electron chi connectivity index (χ2n) is 4.63. The van der Waals surface area contributed by atoms with Crippen LogP contribution in [-0.4, -0.2) is 50.1 Å². The van der Waals surface area contributed by atoms with Gasteiger partial charge in [0.2, 0.25) is 5.91 Å². The van der Waals surface area contributed by atoms with E-state index in [0.29, 0.717) is 19.7 Å². The zero-order valence-corrected chi connectivity index (χ0v) is 11.5. The highest BCUT2D eigenvalue weighted by Crippen LogP contribution is 2.21. The molecule has 0 saturated carbocycles. The Kier molecular flexibility index (Phi) is 5.09. The van der Waals surface area contributed by atoms with Crippen LogP contribution in [0.4, 0.5) is 4.79 Å². The monoisotopic (exact) mass is 277 g/mol. The summed E-state index contributed by atoms with van der Waals surface area (Å²) in [4.78, 5) is 24.7. The quantitative estimate of drug-likeness (QED) is 0.845. The second kappa shape index (κ2) is 7.02. The van der Waals surface area contributed by atoms with Gasteiger partial charge in [0.1, 0.15) is 0 Å². The molecule has 1 aliphatic rings. The molecule has 6 nitrogen and oxygen atoms in total. The molecule has 1 fully saturated rings. The van der Waals surface area contributed by atoms with Crippen molar-refractivity contribution in [3.8, 4) is 0 Å². The zero-order chi connectivity index (χ0) is 14.4. The normalized spacial score (nSPS) is 19.4. The number of rotatable bonds is 3. The summed E-state index contributed by atoms with van der Waals surface area (Å²) in [6.45, 7) is 2.10. The molecule has 108 valence electrons. The van der Waals surface area contributed by atoms with Crippen LogP contribution in [0.15, 0.2) is 30.3 Å². The van der Waals surface area contributed by atoms with Crippen LogP contribution in [0, 0.1) is 0 Å². The number of carbonyl (C=O) groups excluding carboxylic acids is 2. The first-order valence-corrected chi connectivity index (χ1v) is 6.59. The molecule has 0 spiro atoms. The summed E-state index contributed by atoms with van der Waals surface area (Å²) in [6, 6.07) is 9.44. The molecule has 1 aromatic rings. The molecule has 0 bridgehead atoms. The number of hydrogen-bond donors (Lipinski definition) is 2. The minimum absolute atomic E-state index is 0.0299. The van der Waals surface area contributed by atoms with Gasteiger partial charge in [-0.3, -0.25) is 15.0 Å². The van der Waals surface area contributed by atoms with Gasteiger partial charge < -0.3 is 10.1 Å². The van der Waals surface area contributed by atoms with Crippen molar-refractivity contribution < 1.29 is 14.3 Å². The lowest BCUT2D eigenvalue weighted by Gasteiger charge is -2.32. The van der Waals surface area contributed by atoms with Crippen molar-refractivity contribution in [1.29, 1.82) is 0 Å². The summed E-state index contributed by atoms with van der Waals surface area (Å²) in [7, 11) is 1.47. The molecule has 1 unspecified atom stereocenters. The van der Waals surface area contributed by atoms with E-state index in [0.717, 1.165) is 5.56 Å². The van der Waals surface area contributed by atoms with E-state index in [1.54, 1.807) is 0 Å². The molecule has 2 N–H and O–H groups in total. The van der Waals surface area contributed by atoms with Crippen LogP contribution < -0.4 is 10.6 Å². The molecule has 20 heavy (non-hydrogen) atoms. The zero-order valence-electron chi connectivity index (χ0n) is 11.5. The molecule has 0 radical (unpaired) electrons. The molecular weight excluding hydrogens is 258 g/mol. The summed E-state index contributed by atoms with van der Waals surface area (Å²) in [5.74, 6) is -0.307. The topological polar surface area (TPSA) is 70.7 Å². The highest BCUT2D eigenvalue weighted by molar-refractivity contribution is 5.95. The van der Waals surface area contributed by atoms with Crippen LogP contribution in [0.1, 0.15) is 11.7 Å². The smallest absolute Gasteiger partial charge is 0.321 e. The average Bonchev–Trinajstić information content (AvgIpc) is 2.48. The minimum Gasteiger partial charge on any atom is -0.371 e. The van der Waals surface area contributed by atoms with Gasteiger partial charge in [0, 0.05) is 20.1 Å². The van der Waals surface area contributed by atoms with Crippen molar-refractivity contribution >= 4 is 11.9 Å². The van der Waals surface area contributed by atoms with Gasteiger partial charge in [0.15, 0.2) is 0 Å². The molecule has 1 aromatic carbocycles. The van der Waals surface area contributed by atoms with Gasteiger partial charge in [0.25, 0.3) is 0 Å². The maximum atomic E-state index is 11.7. The number of nitrogens with zero attached hydrogens (tertiary/aromatic N) is 1. The molecule has 1 heterocycles. The number of benzene rings is 1. The van der Waals surface area contributed by atoms with E-state index in [9.17, 15) is 9.59 Å². The van der Waals surface area contributed by atoms with Crippen LogP contribution >= 0.6 is 0 Å². The van der Waals surface area contributed by atoms with Crippen molar-refractivity contribution in [1.82, 2.24) is 15.5 Å². The fourth-order valence-electron chi connectivity index (χ4n) is 2.15. The van der Waals surface area contributed by atoms with Gasteiger partial charge >= 0.3 is 6.03 Å². The van der Waals surface area contributed by atoms with E-state index in [2.05, 4.69) is 10.6 Å². The summed E-state index contributed by atoms with van der Waals surface area (Å²) in [5, 5.41) is 4.61. The van der Waals surface area contributed by atoms with E-state index in [-0.39, 0.29) is 18.6 Å². The summed E-state index contributed by atoms with van der Waals surface area (Å²) >= 11 is 0. The summed E-state index contributed by atoms with van der Waals surface area (Å²) in [5.41, 5.74) is 1.10. The van der Waals surface area contributed by atoms with Crippen molar-refractivity contribution in [3.05, 3.63) is 35.9 Å². The third-order valence-electron chi connectivity index (χ3n) is 3.17. The predicted molar refractivity (Wildman–Crippen MR) is 74.2 cm³/mol. The first kappa shape index (κ1) is 14.5. The fourth-order valence-corrected chi connectivity index (χ4v) is 2.15. The second-order valence-corrected chi connectivity index (χ2v) is 4.63. The molecular formula is C14H19N3O3. The van der Waals surface area contributed by atoms with Crippen molar-refractivity contribution in [2.75, 3.05) is 33.3 Å². The molecule has 6 heteroatoms. The third-order valence-corrected chi connectivity index (χ3v) is 3.17. The van der Waals surface area contributed by atoms with Crippen molar-refractivity contribution in [2.45, 2.75) is 6.10 Å². The highest BCUT2D eigenvalue weighted by Gasteiger charge is 2.23. The number of imide groups is 1. The molecule has 1 atom stereocenters. The largest absolute Gasteiger partial charge is 0.371 e. The van der Waals surface area contributed by atoms with Crippen molar-refractivity contribution in [3.63, 3.8) is 0 Å². The van der Waals surface area contributed by atoms with Crippen LogP contribution in [0.3, 0.4) is 0 Å². The van der Waals surface area contributed by atoms with E-state index in [1.807, 2.05) is 35.2 Å². The SMILES string of the molecule is CNC(=O)NC(=O)CN1CCOC(c2ccccc2)C1. The summed E-state index contributed by atoms with van der Waals surface area (Å²) in [6.07, 6.45) is -0.0299. The van der Waals surface area contributed by atoms with Gasteiger partial charge in [0.05, 0.1) is 19.3 Å². The molecule has 2 rings (SSSR count). The van der Waals surface area contributed by atoms with Crippen LogP contribution in [-0.2, 0) is 9.53 Å². The Morgan fingerprint density at radius 3 is 2.80 bits per heavy atom. The van der Waals surface area contributed by atoms with E-state index < -0.39 is 6.03 Å². The minimum atomic E-state index is -0.483. The van der Waals surface area contributed by atoms with Gasteiger partial charge in [-0.15, -0.1) is 0 Å². The van der Waals surface area contributed by atoms with Gasteiger partial charge in [-0.2, -0.15) is 0 Å². The lowest BCUT2D eigenvalue weighted by Crippen LogP contribution is -2.47. The number of nitrogens with one attached hydrogen (secondary N) is 2. The Balaban J connectivity index is 1.88. The maximum absolute atomic E-state index is 11.7. The number of hydrogen-bond acceptors (Lipinski definition) is 4. The third kappa shape index (κ3) is 4.04. The maximum Gasteiger partial charge on any atom is 0.321 e.